The number of benzene rings is 2. The fraction of sp³-hybridized carbons (Fsp3) is 0.650. The maximum Gasteiger partial charge on any atom is 0.231 e. The molecule has 246 valence electrons. The van der Waals surface area contributed by atoms with Gasteiger partial charge in [-0.3, -0.25) is 0 Å². The van der Waals surface area contributed by atoms with Crippen molar-refractivity contribution in [1.82, 2.24) is 0 Å². The SMILES string of the molecule is CC1(C)CCC[C@]2(C)[C@@H]1CC[C@]13C=C(CO[C@H]4OC[C@H](Cc5ccc6c(c5)OCO6)[C@H]4Cc4ccc5c(c4)OCO5)[C@H](CC[C@H]12)C3. The van der Waals surface area contributed by atoms with Crippen LogP contribution in [0, 0.1) is 45.8 Å². The molecule has 0 amide bonds. The molecular weight excluding hydrogens is 576 g/mol. The van der Waals surface area contributed by atoms with E-state index in [1.165, 1.54) is 62.5 Å². The number of hydrogen-bond donors (Lipinski definition) is 0. The van der Waals surface area contributed by atoms with Crippen molar-refractivity contribution in [2.75, 3.05) is 26.8 Å². The number of ether oxygens (including phenoxy) is 6. The van der Waals surface area contributed by atoms with Gasteiger partial charge in [-0.05, 0) is 139 Å². The highest BCUT2D eigenvalue weighted by atomic mass is 16.7. The number of hydrogen-bond acceptors (Lipinski definition) is 6. The van der Waals surface area contributed by atoms with Gasteiger partial charge in [0.05, 0.1) is 13.2 Å². The topological polar surface area (TPSA) is 55.4 Å². The van der Waals surface area contributed by atoms with E-state index in [2.05, 4.69) is 51.1 Å². The molecule has 4 aliphatic carbocycles. The second-order valence-corrected chi connectivity index (χ2v) is 16.6. The summed E-state index contributed by atoms with van der Waals surface area (Å²) in [6.07, 6.45) is 15.3. The molecule has 1 saturated heterocycles. The predicted molar refractivity (Wildman–Crippen MR) is 175 cm³/mol. The molecule has 8 atom stereocenters. The fourth-order valence-electron chi connectivity index (χ4n) is 11.8. The van der Waals surface area contributed by atoms with Crippen molar-refractivity contribution in [2.24, 2.45) is 45.8 Å². The summed E-state index contributed by atoms with van der Waals surface area (Å²) in [7, 11) is 0. The monoisotopic (exact) mass is 626 g/mol. The first-order chi connectivity index (χ1) is 22.3. The van der Waals surface area contributed by atoms with E-state index in [4.69, 9.17) is 28.4 Å². The molecule has 4 fully saturated rings. The first kappa shape index (κ1) is 29.4. The Bertz CT molecular complexity index is 1530. The molecule has 3 heterocycles. The van der Waals surface area contributed by atoms with Crippen LogP contribution in [-0.4, -0.2) is 33.1 Å². The average molecular weight is 627 g/mol. The zero-order chi connectivity index (χ0) is 31.1. The molecule has 0 N–H and O–H groups in total. The Morgan fingerprint density at radius 1 is 0.761 bits per heavy atom. The predicted octanol–water partition coefficient (Wildman–Crippen LogP) is 8.50. The van der Waals surface area contributed by atoms with E-state index < -0.39 is 0 Å². The molecule has 6 heteroatoms. The summed E-state index contributed by atoms with van der Waals surface area (Å²) < 4.78 is 36.0. The minimum absolute atomic E-state index is 0.230. The Morgan fingerprint density at radius 3 is 2.24 bits per heavy atom. The molecule has 7 aliphatic rings. The standard InChI is InChI=1S/C40H50O6/c1-38(2)12-4-13-39(3)35(38)11-14-40-19-27(7-10-36(39)40)29(20-40)22-42-37-30(16-26-6-9-32-34(18-26)46-24-44-32)28(21-41-37)15-25-5-8-31-33(17-25)45-23-43-31/h5-6,8-9,17-18,20,27-28,30,35-37H,4,7,10-16,19,21-24H2,1-3H3/t27-,28+,30-,35-,36+,37-,39-,40+/m1/s1. The maximum absolute atomic E-state index is 6.86. The lowest BCUT2D eigenvalue weighted by Crippen LogP contribution is -2.55. The number of allylic oxidation sites excluding steroid dienone is 1. The van der Waals surface area contributed by atoms with Gasteiger partial charge in [-0.2, -0.15) is 0 Å². The van der Waals surface area contributed by atoms with Crippen LogP contribution in [0.5, 0.6) is 23.0 Å². The summed E-state index contributed by atoms with van der Waals surface area (Å²) in [4.78, 5) is 0. The van der Waals surface area contributed by atoms with Crippen molar-refractivity contribution < 1.29 is 28.4 Å². The van der Waals surface area contributed by atoms with Crippen LogP contribution in [0.25, 0.3) is 0 Å². The highest BCUT2D eigenvalue weighted by Gasteiger charge is 2.62. The van der Waals surface area contributed by atoms with E-state index in [0.717, 1.165) is 47.7 Å². The zero-order valence-electron chi connectivity index (χ0n) is 27.9. The highest BCUT2D eigenvalue weighted by Crippen LogP contribution is 2.70. The number of fused-ring (bicyclic) bond motifs is 5. The Kier molecular flexibility index (Phi) is 6.99. The van der Waals surface area contributed by atoms with Gasteiger partial charge >= 0.3 is 0 Å². The van der Waals surface area contributed by atoms with Crippen molar-refractivity contribution in [3.63, 3.8) is 0 Å². The molecule has 3 saturated carbocycles. The van der Waals surface area contributed by atoms with Gasteiger partial charge in [0.1, 0.15) is 0 Å². The molecule has 0 radical (unpaired) electrons. The van der Waals surface area contributed by atoms with Gasteiger partial charge in [0.15, 0.2) is 29.3 Å². The second-order valence-electron chi connectivity index (χ2n) is 16.6. The summed E-state index contributed by atoms with van der Waals surface area (Å²) in [5, 5.41) is 0. The molecular formula is C40H50O6. The van der Waals surface area contributed by atoms with E-state index in [1.807, 2.05) is 12.1 Å². The lowest BCUT2D eigenvalue weighted by atomic mass is 9.41. The van der Waals surface area contributed by atoms with Gasteiger partial charge in [0, 0.05) is 5.92 Å². The van der Waals surface area contributed by atoms with Crippen LogP contribution < -0.4 is 18.9 Å². The van der Waals surface area contributed by atoms with Crippen molar-refractivity contribution in [3.8, 4) is 23.0 Å². The normalized spacial score (nSPS) is 37.9. The van der Waals surface area contributed by atoms with Crippen molar-refractivity contribution in [3.05, 3.63) is 59.2 Å². The minimum Gasteiger partial charge on any atom is -0.454 e. The lowest BCUT2D eigenvalue weighted by molar-refractivity contribution is -0.134. The van der Waals surface area contributed by atoms with Crippen molar-refractivity contribution >= 4 is 0 Å². The minimum atomic E-state index is -0.230. The van der Waals surface area contributed by atoms with Gasteiger partial charge in [-0.25, -0.2) is 0 Å². The van der Waals surface area contributed by atoms with E-state index in [9.17, 15) is 0 Å². The van der Waals surface area contributed by atoms with Crippen LogP contribution >= 0.6 is 0 Å². The largest absolute Gasteiger partial charge is 0.454 e. The summed E-state index contributed by atoms with van der Waals surface area (Å²) >= 11 is 0. The molecule has 9 rings (SSSR count). The maximum atomic E-state index is 6.86. The summed E-state index contributed by atoms with van der Waals surface area (Å²) in [5.74, 6) is 6.25. The van der Waals surface area contributed by atoms with Crippen molar-refractivity contribution in [2.45, 2.75) is 91.3 Å². The molecule has 0 aromatic heterocycles. The van der Waals surface area contributed by atoms with Gasteiger partial charge in [0.25, 0.3) is 0 Å². The fourth-order valence-corrected chi connectivity index (χ4v) is 11.8. The van der Waals surface area contributed by atoms with E-state index in [1.54, 1.807) is 5.57 Å². The van der Waals surface area contributed by atoms with Gasteiger partial charge < -0.3 is 28.4 Å². The molecule has 2 aromatic rings. The van der Waals surface area contributed by atoms with Crippen LogP contribution in [0.4, 0.5) is 0 Å². The first-order valence-corrected chi connectivity index (χ1v) is 18.0. The third-order valence-corrected chi connectivity index (χ3v) is 13.8. The smallest absolute Gasteiger partial charge is 0.231 e. The first-order valence-electron chi connectivity index (χ1n) is 18.0. The lowest BCUT2D eigenvalue weighted by Gasteiger charge is -2.63. The van der Waals surface area contributed by atoms with Gasteiger partial charge in [-0.15, -0.1) is 0 Å². The van der Waals surface area contributed by atoms with Crippen LogP contribution in [-0.2, 0) is 22.3 Å². The third kappa shape index (κ3) is 4.79. The molecule has 2 bridgehead atoms. The van der Waals surface area contributed by atoms with Gasteiger partial charge in [0.2, 0.25) is 13.6 Å². The summed E-state index contributed by atoms with van der Waals surface area (Å²) in [6.45, 7) is 9.78. The molecule has 6 nitrogen and oxygen atoms in total. The zero-order valence-corrected chi connectivity index (χ0v) is 27.9. The highest BCUT2D eigenvalue weighted by molar-refractivity contribution is 5.45. The van der Waals surface area contributed by atoms with E-state index >= 15 is 0 Å². The van der Waals surface area contributed by atoms with Crippen LogP contribution in [0.1, 0.15) is 83.3 Å². The van der Waals surface area contributed by atoms with Gasteiger partial charge in [-0.1, -0.05) is 45.4 Å². The molecule has 1 spiro atoms. The van der Waals surface area contributed by atoms with Crippen LogP contribution in [0.3, 0.4) is 0 Å². The van der Waals surface area contributed by atoms with Crippen molar-refractivity contribution in [1.29, 1.82) is 0 Å². The van der Waals surface area contributed by atoms with Crippen LogP contribution in [0.2, 0.25) is 0 Å². The summed E-state index contributed by atoms with van der Waals surface area (Å²) in [5.41, 5.74) is 5.38. The Balaban J connectivity index is 0.940. The molecule has 2 aromatic carbocycles. The summed E-state index contributed by atoms with van der Waals surface area (Å²) in [6, 6.07) is 12.7. The molecule has 46 heavy (non-hydrogen) atoms. The molecule has 0 unspecified atom stereocenters. The Hall–Kier alpha value is -2.70. The van der Waals surface area contributed by atoms with E-state index in [0.29, 0.717) is 54.9 Å². The third-order valence-electron chi connectivity index (χ3n) is 13.8. The molecule has 3 aliphatic heterocycles. The van der Waals surface area contributed by atoms with Crippen LogP contribution in [0.15, 0.2) is 48.0 Å². The quantitative estimate of drug-likeness (QED) is 0.287. The Morgan fingerprint density at radius 2 is 1.48 bits per heavy atom. The Labute approximate surface area is 274 Å². The number of rotatable bonds is 7. The average Bonchev–Trinajstić information content (AvgIpc) is 3.82. The second kappa shape index (κ2) is 10.9. The van der Waals surface area contributed by atoms with E-state index in [-0.39, 0.29) is 12.2 Å².